The van der Waals surface area contributed by atoms with E-state index in [-0.39, 0.29) is 16.8 Å². The van der Waals surface area contributed by atoms with Crippen LogP contribution in [-0.4, -0.2) is 39.5 Å². The Hall–Kier alpha value is -1.44. The van der Waals surface area contributed by atoms with Gasteiger partial charge in [-0.15, -0.1) is 0 Å². The molecule has 1 saturated heterocycles. The fourth-order valence-electron chi connectivity index (χ4n) is 2.26. The Morgan fingerprint density at radius 1 is 1.33 bits per heavy atom. The molecule has 1 heterocycles. The Kier molecular flexibility index (Phi) is 5.33. The van der Waals surface area contributed by atoms with Gasteiger partial charge in [0.05, 0.1) is 10.9 Å². The van der Waals surface area contributed by atoms with Crippen molar-refractivity contribution in [1.82, 2.24) is 15.4 Å². The van der Waals surface area contributed by atoms with Crippen molar-refractivity contribution in [3.63, 3.8) is 0 Å². The number of nitrogens with one attached hydrogen (secondary N) is 3. The highest BCUT2D eigenvalue weighted by Crippen LogP contribution is 2.08. The number of piperidine rings is 1. The summed E-state index contributed by atoms with van der Waals surface area (Å²) in [7, 11) is -3.67. The Morgan fingerprint density at radius 2 is 2.05 bits per heavy atom. The average Bonchev–Trinajstić information content (AvgIpc) is 2.48. The second-order valence-electron chi connectivity index (χ2n) is 5.21. The zero-order valence-corrected chi connectivity index (χ0v) is 12.8. The van der Waals surface area contributed by atoms with Gasteiger partial charge in [-0.3, -0.25) is 4.79 Å². The molecule has 1 amide bonds. The molecule has 1 aliphatic rings. The van der Waals surface area contributed by atoms with E-state index >= 15 is 0 Å². The number of carbonyl (C=O) groups excluding carboxylic acids is 1. The Bertz CT molecular complexity index is 568. The maximum absolute atomic E-state index is 12.1. The standard InChI is InChI=1S/C14H21N3O3S/c1-11(14(18)16-12-6-5-9-15-10-12)17-21(19,20)13-7-3-2-4-8-13/h2-4,7-8,11-12,15,17H,5-6,9-10H2,1H3,(H,16,18)/t11?,12-/m0/s1. The number of hydrogen-bond acceptors (Lipinski definition) is 4. The number of rotatable bonds is 5. The fraction of sp³-hybridized carbons (Fsp3) is 0.500. The van der Waals surface area contributed by atoms with Crippen molar-refractivity contribution in [2.45, 2.75) is 36.7 Å². The van der Waals surface area contributed by atoms with Crippen molar-refractivity contribution < 1.29 is 13.2 Å². The van der Waals surface area contributed by atoms with Crippen LogP contribution in [0.4, 0.5) is 0 Å². The highest BCUT2D eigenvalue weighted by molar-refractivity contribution is 7.89. The minimum atomic E-state index is -3.67. The monoisotopic (exact) mass is 311 g/mol. The topological polar surface area (TPSA) is 87.3 Å². The van der Waals surface area contributed by atoms with Gasteiger partial charge in [0.2, 0.25) is 15.9 Å². The predicted molar refractivity (Wildman–Crippen MR) is 80.3 cm³/mol. The maximum atomic E-state index is 12.1. The second-order valence-corrected chi connectivity index (χ2v) is 6.92. The van der Waals surface area contributed by atoms with E-state index in [0.29, 0.717) is 0 Å². The largest absolute Gasteiger partial charge is 0.351 e. The molecule has 1 aromatic rings. The van der Waals surface area contributed by atoms with Crippen LogP contribution in [0.15, 0.2) is 35.2 Å². The van der Waals surface area contributed by atoms with Crippen LogP contribution >= 0.6 is 0 Å². The average molecular weight is 311 g/mol. The van der Waals surface area contributed by atoms with E-state index < -0.39 is 16.1 Å². The van der Waals surface area contributed by atoms with Gasteiger partial charge in [0.25, 0.3) is 0 Å². The summed E-state index contributed by atoms with van der Waals surface area (Å²) in [4.78, 5) is 12.2. The van der Waals surface area contributed by atoms with Gasteiger partial charge >= 0.3 is 0 Å². The molecule has 1 unspecified atom stereocenters. The molecule has 1 aliphatic heterocycles. The molecule has 0 aromatic heterocycles. The van der Waals surface area contributed by atoms with E-state index in [9.17, 15) is 13.2 Å². The van der Waals surface area contributed by atoms with Gasteiger partial charge in [-0.1, -0.05) is 18.2 Å². The van der Waals surface area contributed by atoms with E-state index in [4.69, 9.17) is 0 Å². The quantitative estimate of drug-likeness (QED) is 0.726. The molecule has 1 aromatic carbocycles. The van der Waals surface area contributed by atoms with Crippen molar-refractivity contribution in [2.75, 3.05) is 13.1 Å². The van der Waals surface area contributed by atoms with Crippen LogP contribution in [0, 0.1) is 0 Å². The minimum Gasteiger partial charge on any atom is -0.351 e. The lowest BCUT2D eigenvalue weighted by molar-refractivity contribution is -0.123. The highest BCUT2D eigenvalue weighted by Gasteiger charge is 2.24. The number of amides is 1. The zero-order chi connectivity index (χ0) is 15.3. The minimum absolute atomic E-state index is 0.0647. The van der Waals surface area contributed by atoms with Gasteiger partial charge in [0.15, 0.2) is 0 Å². The summed E-state index contributed by atoms with van der Waals surface area (Å²) < 4.78 is 26.7. The van der Waals surface area contributed by atoms with Crippen molar-refractivity contribution in [1.29, 1.82) is 0 Å². The second kappa shape index (κ2) is 7.02. The molecule has 0 aliphatic carbocycles. The van der Waals surface area contributed by atoms with Gasteiger partial charge in [-0.25, -0.2) is 8.42 Å². The Morgan fingerprint density at radius 3 is 2.67 bits per heavy atom. The van der Waals surface area contributed by atoms with Crippen molar-refractivity contribution in [3.05, 3.63) is 30.3 Å². The fourth-order valence-corrected chi connectivity index (χ4v) is 3.48. The van der Waals surface area contributed by atoms with E-state index in [1.54, 1.807) is 25.1 Å². The van der Waals surface area contributed by atoms with Crippen LogP contribution in [0.2, 0.25) is 0 Å². The van der Waals surface area contributed by atoms with Crippen LogP contribution in [0.5, 0.6) is 0 Å². The van der Waals surface area contributed by atoms with E-state index in [2.05, 4.69) is 15.4 Å². The normalized spacial score (nSPS) is 20.7. The first-order valence-electron chi connectivity index (χ1n) is 7.07. The van der Waals surface area contributed by atoms with Gasteiger partial charge < -0.3 is 10.6 Å². The van der Waals surface area contributed by atoms with E-state index in [0.717, 1.165) is 25.9 Å². The summed E-state index contributed by atoms with van der Waals surface area (Å²) in [6.45, 7) is 3.23. The predicted octanol–water partition coefficient (Wildman–Crippen LogP) is 0.222. The van der Waals surface area contributed by atoms with E-state index in [1.807, 2.05) is 0 Å². The van der Waals surface area contributed by atoms with Gasteiger partial charge in [0, 0.05) is 12.6 Å². The Balaban J connectivity index is 1.93. The van der Waals surface area contributed by atoms with Crippen LogP contribution < -0.4 is 15.4 Å². The molecular weight excluding hydrogens is 290 g/mol. The molecular formula is C14H21N3O3S. The lowest BCUT2D eigenvalue weighted by Gasteiger charge is -2.25. The van der Waals surface area contributed by atoms with Crippen LogP contribution in [0.1, 0.15) is 19.8 Å². The van der Waals surface area contributed by atoms with Crippen LogP contribution in [0.25, 0.3) is 0 Å². The summed E-state index contributed by atoms with van der Waals surface area (Å²) in [5.74, 6) is -0.303. The summed E-state index contributed by atoms with van der Waals surface area (Å²) >= 11 is 0. The summed E-state index contributed by atoms with van der Waals surface area (Å²) in [5.41, 5.74) is 0. The summed E-state index contributed by atoms with van der Waals surface area (Å²) in [5, 5.41) is 6.06. The smallest absolute Gasteiger partial charge is 0.241 e. The van der Waals surface area contributed by atoms with E-state index in [1.165, 1.54) is 12.1 Å². The molecule has 116 valence electrons. The van der Waals surface area contributed by atoms with Crippen molar-refractivity contribution >= 4 is 15.9 Å². The van der Waals surface area contributed by atoms with Crippen molar-refractivity contribution in [3.8, 4) is 0 Å². The molecule has 0 saturated carbocycles. The van der Waals surface area contributed by atoms with Crippen LogP contribution in [-0.2, 0) is 14.8 Å². The lowest BCUT2D eigenvalue weighted by Crippen LogP contribution is -2.52. The molecule has 0 radical (unpaired) electrons. The van der Waals surface area contributed by atoms with Gasteiger partial charge in [-0.2, -0.15) is 4.72 Å². The molecule has 21 heavy (non-hydrogen) atoms. The number of sulfonamides is 1. The molecule has 3 N–H and O–H groups in total. The number of hydrogen-bond donors (Lipinski definition) is 3. The number of benzene rings is 1. The van der Waals surface area contributed by atoms with Crippen LogP contribution in [0.3, 0.4) is 0 Å². The molecule has 7 heteroatoms. The summed E-state index contributed by atoms with van der Waals surface area (Å²) in [6.07, 6.45) is 1.92. The van der Waals surface area contributed by atoms with Gasteiger partial charge in [-0.05, 0) is 38.4 Å². The third-order valence-electron chi connectivity index (χ3n) is 3.42. The molecule has 6 nitrogen and oxygen atoms in total. The number of carbonyl (C=O) groups is 1. The molecule has 2 atom stereocenters. The third kappa shape index (κ3) is 4.52. The molecule has 2 rings (SSSR count). The first-order chi connectivity index (χ1) is 9.99. The SMILES string of the molecule is CC(NS(=O)(=O)c1ccccc1)C(=O)N[C@H]1CCCNC1. The van der Waals surface area contributed by atoms with Crippen molar-refractivity contribution in [2.24, 2.45) is 0 Å². The lowest BCUT2D eigenvalue weighted by atomic mass is 10.1. The highest BCUT2D eigenvalue weighted by atomic mass is 32.2. The third-order valence-corrected chi connectivity index (χ3v) is 4.98. The first kappa shape index (κ1) is 15.9. The Labute approximate surface area is 125 Å². The molecule has 1 fully saturated rings. The molecule has 0 bridgehead atoms. The van der Waals surface area contributed by atoms with Gasteiger partial charge in [0.1, 0.15) is 0 Å². The summed E-state index contributed by atoms with van der Waals surface area (Å²) in [6, 6.07) is 7.29. The first-order valence-corrected chi connectivity index (χ1v) is 8.56. The zero-order valence-electron chi connectivity index (χ0n) is 12.0. The maximum Gasteiger partial charge on any atom is 0.241 e. The molecule has 0 spiro atoms.